The smallest absolute Gasteiger partial charge is 0.146 e. The maximum absolute atomic E-state index is 13.8. The van der Waals surface area contributed by atoms with Crippen molar-refractivity contribution in [3.05, 3.63) is 40.2 Å². The largest absolute Gasteiger partial charge is 0.487 e. The zero-order chi connectivity index (χ0) is 18.1. The van der Waals surface area contributed by atoms with Gasteiger partial charge in [-0.1, -0.05) is 11.6 Å². The van der Waals surface area contributed by atoms with Crippen molar-refractivity contribution < 1.29 is 9.13 Å². The van der Waals surface area contributed by atoms with Crippen LogP contribution in [0.4, 0.5) is 15.9 Å². The van der Waals surface area contributed by atoms with Crippen LogP contribution in [0.2, 0.25) is 4.34 Å². The molecule has 1 aliphatic rings. The summed E-state index contributed by atoms with van der Waals surface area (Å²) < 4.78 is 20.5. The molecule has 3 heterocycles. The first-order valence-electron chi connectivity index (χ1n) is 8.45. The summed E-state index contributed by atoms with van der Waals surface area (Å²) in [7, 11) is 0. The van der Waals surface area contributed by atoms with Crippen LogP contribution in [-0.4, -0.2) is 29.2 Å². The molecule has 1 saturated heterocycles. The van der Waals surface area contributed by atoms with E-state index in [1.165, 1.54) is 29.8 Å². The predicted molar refractivity (Wildman–Crippen MR) is 103 cm³/mol. The number of ether oxygens (including phenoxy) is 1. The van der Waals surface area contributed by atoms with Crippen molar-refractivity contribution in [2.45, 2.75) is 25.9 Å². The van der Waals surface area contributed by atoms with Crippen molar-refractivity contribution in [3.8, 4) is 5.75 Å². The summed E-state index contributed by atoms with van der Waals surface area (Å²) in [5.74, 6) is 0.773. The van der Waals surface area contributed by atoms with E-state index in [0.717, 1.165) is 41.7 Å². The Morgan fingerprint density at radius 3 is 3.08 bits per heavy atom. The molecule has 136 valence electrons. The quantitative estimate of drug-likeness (QED) is 0.675. The molecule has 26 heavy (non-hydrogen) atoms. The van der Waals surface area contributed by atoms with Crippen LogP contribution in [0.25, 0.3) is 10.2 Å². The molecule has 0 bridgehead atoms. The van der Waals surface area contributed by atoms with Crippen LogP contribution >= 0.6 is 22.9 Å². The molecule has 1 aliphatic heterocycles. The Balaban J connectivity index is 1.68. The molecule has 1 aromatic carbocycles. The van der Waals surface area contributed by atoms with Crippen molar-refractivity contribution >= 4 is 44.7 Å². The van der Waals surface area contributed by atoms with Gasteiger partial charge in [-0.3, -0.25) is 0 Å². The zero-order valence-electron chi connectivity index (χ0n) is 14.2. The molecule has 0 amide bonds. The first kappa shape index (κ1) is 17.5. The van der Waals surface area contributed by atoms with Crippen LogP contribution in [0, 0.1) is 12.7 Å². The van der Waals surface area contributed by atoms with Gasteiger partial charge in [0.25, 0.3) is 0 Å². The van der Waals surface area contributed by atoms with E-state index in [1.54, 1.807) is 6.07 Å². The summed E-state index contributed by atoms with van der Waals surface area (Å²) in [4.78, 5) is 9.44. The average Bonchev–Trinajstić information content (AvgIpc) is 2.93. The predicted octanol–water partition coefficient (Wildman–Crippen LogP) is 4.67. The molecule has 1 atom stereocenters. The lowest BCUT2D eigenvalue weighted by atomic mass is 10.1. The number of piperidine rings is 1. The third kappa shape index (κ3) is 3.47. The Labute approximate surface area is 159 Å². The fourth-order valence-electron chi connectivity index (χ4n) is 3.06. The summed E-state index contributed by atoms with van der Waals surface area (Å²) in [6, 6.07) is 4.47. The third-order valence-electron chi connectivity index (χ3n) is 4.41. The number of anilines is 2. The number of nitrogens with one attached hydrogen (secondary N) is 2. The minimum atomic E-state index is -0.336. The molecule has 0 radical (unpaired) electrons. The summed E-state index contributed by atoms with van der Waals surface area (Å²) in [6.07, 6.45) is 3.50. The molecule has 1 fully saturated rings. The van der Waals surface area contributed by atoms with Crippen LogP contribution in [-0.2, 0) is 0 Å². The van der Waals surface area contributed by atoms with Crippen molar-refractivity contribution in [3.63, 3.8) is 0 Å². The number of rotatable bonds is 4. The molecule has 3 aromatic rings. The highest BCUT2D eigenvalue weighted by Crippen LogP contribution is 2.38. The van der Waals surface area contributed by atoms with Gasteiger partial charge >= 0.3 is 0 Å². The second-order valence-corrected chi connectivity index (χ2v) is 7.86. The average molecular weight is 393 g/mol. The topological polar surface area (TPSA) is 59.1 Å². The lowest BCUT2D eigenvalue weighted by Crippen LogP contribution is -2.37. The van der Waals surface area contributed by atoms with Gasteiger partial charge in [0.05, 0.1) is 15.4 Å². The number of nitrogens with zero attached hydrogens (tertiary/aromatic N) is 2. The van der Waals surface area contributed by atoms with Crippen LogP contribution in [0.1, 0.15) is 18.4 Å². The van der Waals surface area contributed by atoms with Crippen molar-refractivity contribution in [1.29, 1.82) is 0 Å². The number of hydrogen-bond acceptors (Lipinski definition) is 6. The Morgan fingerprint density at radius 1 is 1.38 bits per heavy atom. The molecule has 5 nitrogen and oxygen atoms in total. The fourth-order valence-corrected chi connectivity index (χ4v) is 4.25. The Hall–Kier alpha value is -1.96. The van der Waals surface area contributed by atoms with Gasteiger partial charge in [0.1, 0.15) is 34.6 Å². The minimum Gasteiger partial charge on any atom is -0.487 e. The van der Waals surface area contributed by atoms with Crippen LogP contribution < -0.4 is 15.4 Å². The van der Waals surface area contributed by atoms with Gasteiger partial charge in [-0.05, 0) is 44.0 Å². The van der Waals surface area contributed by atoms with Crippen LogP contribution in [0.3, 0.4) is 0 Å². The molecular formula is C18H18ClFN4OS. The number of thiophene rings is 1. The first-order valence-corrected chi connectivity index (χ1v) is 9.65. The van der Waals surface area contributed by atoms with Gasteiger partial charge in [0, 0.05) is 12.6 Å². The number of hydrogen-bond donors (Lipinski definition) is 2. The van der Waals surface area contributed by atoms with Gasteiger partial charge in [-0.2, -0.15) is 0 Å². The molecule has 0 spiro atoms. The zero-order valence-corrected chi connectivity index (χ0v) is 15.8. The normalized spacial score (nSPS) is 17.4. The lowest BCUT2D eigenvalue weighted by molar-refractivity contribution is 0.167. The number of aryl methyl sites for hydroxylation is 1. The number of halogens is 2. The third-order valence-corrected chi connectivity index (χ3v) is 5.91. The Bertz CT molecular complexity index is 942. The van der Waals surface area contributed by atoms with Gasteiger partial charge in [0.2, 0.25) is 0 Å². The highest BCUT2D eigenvalue weighted by Gasteiger charge is 2.18. The van der Waals surface area contributed by atoms with Crippen molar-refractivity contribution in [2.24, 2.45) is 0 Å². The van der Waals surface area contributed by atoms with E-state index in [2.05, 4.69) is 20.6 Å². The van der Waals surface area contributed by atoms with Crippen LogP contribution in [0.15, 0.2) is 24.5 Å². The molecular weight excluding hydrogens is 375 g/mol. The highest BCUT2D eigenvalue weighted by molar-refractivity contribution is 7.22. The molecule has 2 N–H and O–H groups in total. The van der Waals surface area contributed by atoms with E-state index in [0.29, 0.717) is 21.6 Å². The minimum absolute atomic E-state index is 0.0221. The first-order chi connectivity index (χ1) is 12.6. The van der Waals surface area contributed by atoms with Gasteiger partial charge in [0.15, 0.2) is 0 Å². The van der Waals surface area contributed by atoms with E-state index in [1.807, 2.05) is 6.92 Å². The molecule has 0 unspecified atom stereocenters. The van der Waals surface area contributed by atoms with Gasteiger partial charge < -0.3 is 15.4 Å². The highest BCUT2D eigenvalue weighted by atomic mass is 35.5. The van der Waals surface area contributed by atoms with E-state index >= 15 is 0 Å². The van der Waals surface area contributed by atoms with E-state index in [-0.39, 0.29) is 11.9 Å². The maximum atomic E-state index is 13.8. The summed E-state index contributed by atoms with van der Waals surface area (Å²) in [6.45, 7) is 3.68. The summed E-state index contributed by atoms with van der Waals surface area (Å²) in [5.41, 5.74) is 1.59. The SMILES string of the molecule is Cc1c(Cl)sc2ncnc(Nc3ccc(F)cc3O[C@@H]3CCCNC3)c12. The summed E-state index contributed by atoms with van der Waals surface area (Å²) >= 11 is 7.66. The number of benzene rings is 1. The monoisotopic (exact) mass is 392 g/mol. The van der Waals surface area contributed by atoms with Crippen LogP contribution in [0.5, 0.6) is 5.75 Å². The molecule has 4 rings (SSSR count). The lowest BCUT2D eigenvalue weighted by Gasteiger charge is -2.25. The van der Waals surface area contributed by atoms with E-state index in [9.17, 15) is 4.39 Å². The second kappa shape index (κ2) is 7.34. The molecule has 0 aliphatic carbocycles. The maximum Gasteiger partial charge on any atom is 0.146 e. The fraction of sp³-hybridized carbons (Fsp3) is 0.333. The summed E-state index contributed by atoms with van der Waals surface area (Å²) in [5, 5.41) is 7.44. The van der Waals surface area contributed by atoms with Gasteiger partial charge in [-0.15, -0.1) is 11.3 Å². The number of fused-ring (bicyclic) bond motifs is 1. The molecule has 8 heteroatoms. The molecule has 0 saturated carbocycles. The standard InChI is InChI=1S/C18H18ClFN4OS/c1-10-15-17(22-9-23-18(15)26-16(10)19)24-13-5-4-11(20)7-14(13)25-12-3-2-6-21-8-12/h4-5,7,9,12,21H,2-3,6,8H2,1H3,(H,22,23,24)/t12-/m1/s1. The Kier molecular flexibility index (Phi) is 4.93. The van der Waals surface area contributed by atoms with Gasteiger partial charge in [-0.25, -0.2) is 14.4 Å². The van der Waals surface area contributed by atoms with E-state index < -0.39 is 0 Å². The molecule has 2 aromatic heterocycles. The number of aromatic nitrogens is 2. The second-order valence-electron chi connectivity index (χ2n) is 6.25. The van der Waals surface area contributed by atoms with Crippen molar-refractivity contribution in [1.82, 2.24) is 15.3 Å². The Morgan fingerprint density at radius 2 is 2.27 bits per heavy atom. The van der Waals surface area contributed by atoms with E-state index in [4.69, 9.17) is 16.3 Å². The van der Waals surface area contributed by atoms with Crippen molar-refractivity contribution in [2.75, 3.05) is 18.4 Å².